The van der Waals surface area contributed by atoms with E-state index in [9.17, 15) is 9.59 Å². The highest BCUT2D eigenvalue weighted by Crippen LogP contribution is 2.28. The Morgan fingerprint density at radius 2 is 1.87 bits per heavy atom. The second kappa shape index (κ2) is 8.85. The van der Waals surface area contributed by atoms with E-state index in [-0.39, 0.29) is 18.4 Å². The fourth-order valence-electron chi connectivity index (χ4n) is 4.29. The largest absolute Gasteiger partial charge is 0.484 e. The molecule has 8 nitrogen and oxygen atoms in total. The molecule has 0 bridgehead atoms. The van der Waals surface area contributed by atoms with Gasteiger partial charge < -0.3 is 19.1 Å². The van der Waals surface area contributed by atoms with Crippen LogP contribution in [0.5, 0.6) is 5.75 Å². The summed E-state index contributed by atoms with van der Waals surface area (Å²) in [4.78, 5) is 28.0. The highest BCUT2D eigenvalue weighted by molar-refractivity contribution is 5.77. The summed E-state index contributed by atoms with van der Waals surface area (Å²) in [6, 6.07) is 7.73. The summed E-state index contributed by atoms with van der Waals surface area (Å²) in [5.41, 5.74) is 1.11. The third kappa shape index (κ3) is 4.47. The van der Waals surface area contributed by atoms with Gasteiger partial charge in [-0.05, 0) is 37.5 Å². The fraction of sp³-hybridized carbons (Fsp3) is 0.545. The summed E-state index contributed by atoms with van der Waals surface area (Å²) in [5.74, 6) is 3.10. The highest BCUT2D eigenvalue weighted by atomic mass is 16.5. The van der Waals surface area contributed by atoms with E-state index in [2.05, 4.69) is 14.8 Å². The number of carbonyl (C=O) groups excluding carboxylic acids is 2. The normalized spacial score (nSPS) is 17.4. The van der Waals surface area contributed by atoms with Crippen molar-refractivity contribution in [2.75, 3.05) is 32.8 Å². The maximum absolute atomic E-state index is 12.7. The van der Waals surface area contributed by atoms with Crippen LogP contribution in [0.15, 0.2) is 24.3 Å². The van der Waals surface area contributed by atoms with Crippen molar-refractivity contribution in [2.24, 2.45) is 0 Å². The lowest BCUT2D eigenvalue weighted by molar-refractivity contribution is -0.133. The summed E-state index contributed by atoms with van der Waals surface area (Å²) in [6.07, 6.45) is 2.50. The zero-order valence-electron chi connectivity index (χ0n) is 17.7. The minimum Gasteiger partial charge on any atom is -0.484 e. The average molecular weight is 412 g/mol. The van der Waals surface area contributed by atoms with Crippen molar-refractivity contribution in [1.29, 1.82) is 0 Å². The summed E-state index contributed by atoms with van der Waals surface area (Å²) < 4.78 is 7.87. The van der Waals surface area contributed by atoms with E-state index in [0.717, 1.165) is 48.9 Å². The third-order valence-corrected chi connectivity index (χ3v) is 6.06. The number of fused-ring (bicyclic) bond motifs is 1. The van der Waals surface area contributed by atoms with Gasteiger partial charge in [-0.2, -0.15) is 0 Å². The van der Waals surface area contributed by atoms with Gasteiger partial charge in [-0.3, -0.25) is 9.59 Å². The van der Waals surface area contributed by atoms with E-state index in [0.29, 0.717) is 32.0 Å². The number of likely N-dealkylation sites (tertiary alicyclic amines) is 1. The van der Waals surface area contributed by atoms with Crippen LogP contribution < -0.4 is 4.74 Å². The Kier molecular flexibility index (Phi) is 6.01. The van der Waals surface area contributed by atoms with Gasteiger partial charge in [0.05, 0.1) is 0 Å². The van der Waals surface area contributed by atoms with Gasteiger partial charge in [-0.15, -0.1) is 10.2 Å². The molecule has 0 spiro atoms. The molecule has 2 aliphatic rings. The Hall–Kier alpha value is -2.90. The number of piperidine rings is 1. The van der Waals surface area contributed by atoms with E-state index in [4.69, 9.17) is 4.74 Å². The molecule has 2 aromatic rings. The molecule has 1 saturated heterocycles. The number of amides is 2. The Balaban J connectivity index is 1.35. The second-order valence-corrected chi connectivity index (χ2v) is 8.14. The van der Waals surface area contributed by atoms with Crippen LogP contribution in [0.25, 0.3) is 0 Å². The van der Waals surface area contributed by atoms with E-state index in [1.54, 1.807) is 6.92 Å². The fourth-order valence-corrected chi connectivity index (χ4v) is 4.29. The van der Waals surface area contributed by atoms with Gasteiger partial charge in [0, 0.05) is 52.0 Å². The summed E-state index contributed by atoms with van der Waals surface area (Å²) in [5, 5.41) is 8.87. The predicted molar refractivity (Wildman–Crippen MR) is 111 cm³/mol. The molecule has 0 aliphatic carbocycles. The lowest BCUT2D eigenvalue weighted by Gasteiger charge is -2.31. The first-order chi connectivity index (χ1) is 14.5. The minimum atomic E-state index is -0.00784. The standard InChI is InChI=1S/C22H29N5O3/c1-16-4-3-5-19(14-16)30-15-21(29)26-11-8-20-23-24-22(27(20)13-12-26)18-6-9-25(10-7-18)17(2)28/h3-5,14,18H,6-13,15H2,1-2H3. The van der Waals surface area contributed by atoms with Gasteiger partial charge in [-0.1, -0.05) is 12.1 Å². The number of rotatable bonds is 4. The summed E-state index contributed by atoms with van der Waals surface area (Å²) >= 11 is 0. The average Bonchev–Trinajstić information content (AvgIpc) is 3.03. The van der Waals surface area contributed by atoms with Crippen LogP contribution in [0.3, 0.4) is 0 Å². The number of nitrogens with zero attached hydrogens (tertiary/aromatic N) is 5. The van der Waals surface area contributed by atoms with Crippen LogP contribution in [-0.4, -0.2) is 69.2 Å². The Morgan fingerprint density at radius 3 is 2.60 bits per heavy atom. The zero-order chi connectivity index (χ0) is 21.1. The predicted octanol–water partition coefficient (Wildman–Crippen LogP) is 1.78. The van der Waals surface area contributed by atoms with Gasteiger partial charge >= 0.3 is 0 Å². The van der Waals surface area contributed by atoms with Crippen LogP contribution in [-0.2, 0) is 22.6 Å². The molecule has 0 unspecified atom stereocenters. The molecule has 8 heteroatoms. The summed E-state index contributed by atoms with van der Waals surface area (Å²) in [7, 11) is 0. The van der Waals surface area contributed by atoms with Crippen LogP contribution >= 0.6 is 0 Å². The van der Waals surface area contributed by atoms with Gasteiger partial charge in [0.15, 0.2) is 6.61 Å². The molecule has 2 amide bonds. The van der Waals surface area contributed by atoms with Crippen LogP contribution in [0.1, 0.15) is 42.9 Å². The highest BCUT2D eigenvalue weighted by Gasteiger charge is 2.29. The first-order valence-corrected chi connectivity index (χ1v) is 10.7. The third-order valence-electron chi connectivity index (χ3n) is 6.06. The SMILES string of the molecule is CC(=O)N1CCC(c2nnc3n2CCN(C(=O)COc2cccc(C)c2)CC3)CC1. The number of aromatic nitrogens is 3. The molecule has 0 atom stereocenters. The number of carbonyl (C=O) groups is 2. The van der Waals surface area contributed by atoms with Gasteiger partial charge in [0.25, 0.3) is 5.91 Å². The van der Waals surface area contributed by atoms with Gasteiger partial charge in [0.1, 0.15) is 17.4 Å². The van der Waals surface area contributed by atoms with Gasteiger partial charge in [0.2, 0.25) is 5.91 Å². The van der Waals surface area contributed by atoms with E-state index in [1.807, 2.05) is 41.0 Å². The maximum Gasteiger partial charge on any atom is 0.260 e. The smallest absolute Gasteiger partial charge is 0.260 e. The van der Waals surface area contributed by atoms with E-state index in [1.165, 1.54) is 0 Å². The summed E-state index contributed by atoms with van der Waals surface area (Å²) in [6.45, 7) is 7.14. The van der Waals surface area contributed by atoms with Crippen LogP contribution in [0.4, 0.5) is 0 Å². The van der Waals surface area contributed by atoms with Crippen molar-refractivity contribution in [1.82, 2.24) is 24.6 Å². The number of ether oxygens (including phenoxy) is 1. The quantitative estimate of drug-likeness (QED) is 0.766. The number of hydrogen-bond acceptors (Lipinski definition) is 5. The van der Waals surface area contributed by atoms with E-state index < -0.39 is 0 Å². The van der Waals surface area contributed by atoms with Crippen LogP contribution in [0, 0.1) is 6.92 Å². The van der Waals surface area contributed by atoms with Crippen molar-refractivity contribution in [3.63, 3.8) is 0 Å². The maximum atomic E-state index is 12.7. The number of benzene rings is 1. The van der Waals surface area contributed by atoms with Crippen molar-refractivity contribution in [2.45, 2.75) is 45.6 Å². The molecule has 4 rings (SSSR count). The van der Waals surface area contributed by atoms with E-state index >= 15 is 0 Å². The van der Waals surface area contributed by atoms with Crippen molar-refractivity contribution in [3.8, 4) is 5.75 Å². The number of hydrogen-bond donors (Lipinski definition) is 0. The Morgan fingerprint density at radius 1 is 1.07 bits per heavy atom. The monoisotopic (exact) mass is 411 g/mol. The molecule has 0 radical (unpaired) electrons. The Bertz CT molecular complexity index is 917. The molecule has 1 aromatic carbocycles. The molecule has 0 N–H and O–H groups in total. The topological polar surface area (TPSA) is 80.6 Å². The molecule has 1 aromatic heterocycles. The lowest BCUT2D eigenvalue weighted by Crippen LogP contribution is -2.38. The molecular formula is C22H29N5O3. The van der Waals surface area contributed by atoms with Crippen molar-refractivity contribution in [3.05, 3.63) is 41.5 Å². The molecule has 30 heavy (non-hydrogen) atoms. The molecule has 160 valence electrons. The minimum absolute atomic E-state index is 0.00784. The first kappa shape index (κ1) is 20.4. The molecule has 2 aliphatic heterocycles. The molecule has 3 heterocycles. The number of aryl methyl sites for hydroxylation is 1. The van der Waals surface area contributed by atoms with Crippen molar-refractivity contribution < 1.29 is 14.3 Å². The first-order valence-electron chi connectivity index (χ1n) is 10.7. The Labute approximate surface area is 176 Å². The van der Waals surface area contributed by atoms with Crippen molar-refractivity contribution >= 4 is 11.8 Å². The second-order valence-electron chi connectivity index (χ2n) is 8.14. The zero-order valence-corrected chi connectivity index (χ0v) is 17.7. The van der Waals surface area contributed by atoms with Gasteiger partial charge in [-0.25, -0.2) is 0 Å². The van der Waals surface area contributed by atoms with Crippen LogP contribution in [0.2, 0.25) is 0 Å². The molecular weight excluding hydrogens is 382 g/mol. The molecule has 0 saturated carbocycles. The molecule has 1 fully saturated rings. The lowest BCUT2D eigenvalue weighted by atomic mass is 9.96.